The van der Waals surface area contributed by atoms with Gasteiger partial charge in [0, 0.05) is 24.2 Å². The molecule has 6 heteroatoms. The molecular formula is C19H20N2O4. The number of aromatic carboxylic acids is 1. The van der Waals surface area contributed by atoms with Crippen LogP contribution in [0.5, 0.6) is 0 Å². The predicted octanol–water partition coefficient (Wildman–Crippen LogP) is 2.97. The van der Waals surface area contributed by atoms with E-state index in [9.17, 15) is 14.4 Å². The van der Waals surface area contributed by atoms with E-state index in [1.807, 2.05) is 0 Å². The molecule has 0 aromatic heterocycles. The van der Waals surface area contributed by atoms with E-state index in [4.69, 9.17) is 5.11 Å². The van der Waals surface area contributed by atoms with E-state index < -0.39 is 5.97 Å². The molecule has 130 valence electrons. The van der Waals surface area contributed by atoms with Crippen molar-refractivity contribution in [1.82, 2.24) is 5.32 Å². The Morgan fingerprint density at radius 2 is 1.64 bits per heavy atom. The lowest BCUT2D eigenvalue weighted by atomic mass is 10.1. The molecule has 0 bridgehead atoms. The van der Waals surface area contributed by atoms with Gasteiger partial charge in [-0.25, -0.2) is 4.79 Å². The Bertz CT molecular complexity index is 798. The molecular weight excluding hydrogens is 320 g/mol. The Hall–Kier alpha value is -3.15. The summed E-state index contributed by atoms with van der Waals surface area (Å²) in [4.78, 5) is 34.6. The second-order valence-corrected chi connectivity index (χ2v) is 5.62. The predicted molar refractivity (Wildman–Crippen MR) is 94.7 cm³/mol. The van der Waals surface area contributed by atoms with Crippen LogP contribution < -0.4 is 10.6 Å². The molecule has 3 N–H and O–H groups in total. The molecule has 0 saturated carbocycles. The van der Waals surface area contributed by atoms with Crippen molar-refractivity contribution in [1.29, 1.82) is 0 Å². The fourth-order valence-electron chi connectivity index (χ4n) is 2.18. The van der Waals surface area contributed by atoms with Crippen LogP contribution in [0.2, 0.25) is 0 Å². The molecule has 0 heterocycles. The van der Waals surface area contributed by atoms with Crippen LogP contribution in [0.25, 0.3) is 0 Å². The maximum atomic E-state index is 12.3. The van der Waals surface area contributed by atoms with Gasteiger partial charge < -0.3 is 15.7 Å². The third kappa shape index (κ3) is 4.91. The van der Waals surface area contributed by atoms with Gasteiger partial charge in [-0.15, -0.1) is 0 Å². The van der Waals surface area contributed by atoms with E-state index in [-0.39, 0.29) is 17.4 Å². The maximum Gasteiger partial charge on any atom is 0.335 e. The number of carbonyl (C=O) groups is 3. The van der Waals surface area contributed by atoms with Crippen LogP contribution in [-0.2, 0) is 11.3 Å². The minimum atomic E-state index is -1.05. The lowest BCUT2D eigenvalue weighted by Crippen LogP contribution is -2.21. The first-order valence-corrected chi connectivity index (χ1v) is 7.91. The zero-order chi connectivity index (χ0) is 18.4. The summed E-state index contributed by atoms with van der Waals surface area (Å²) < 4.78 is 0. The van der Waals surface area contributed by atoms with Gasteiger partial charge in [-0.1, -0.05) is 25.1 Å². The molecule has 2 aromatic rings. The van der Waals surface area contributed by atoms with Crippen LogP contribution in [-0.4, -0.2) is 22.9 Å². The Morgan fingerprint density at radius 1 is 1.00 bits per heavy atom. The number of rotatable bonds is 6. The number of hydrogen-bond donors (Lipinski definition) is 3. The molecule has 0 aliphatic heterocycles. The van der Waals surface area contributed by atoms with Crippen molar-refractivity contribution >= 4 is 23.5 Å². The number of hydrogen-bond acceptors (Lipinski definition) is 3. The van der Waals surface area contributed by atoms with Gasteiger partial charge in [0.05, 0.1) is 5.56 Å². The molecule has 6 nitrogen and oxygen atoms in total. The highest BCUT2D eigenvalue weighted by Gasteiger charge is 2.11. The van der Waals surface area contributed by atoms with Crippen LogP contribution in [0.4, 0.5) is 5.69 Å². The topological polar surface area (TPSA) is 95.5 Å². The smallest absolute Gasteiger partial charge is 0.335 e. The van der Waals surface area contributed by atoms with Crippen molar-refractivity contribution in [2.24, 2.45) is 0 Å². The number of carboxylic acids is 1. The molecule has 0 fully saturated rings. The SMILES string of the molecule is CCC(=O)NCc1ccc(C(=O)Nc2cc(C(=O)O)ccc2C)cc1. The van der Waals surface area contributed by atoms with Gasteiger partial charge in [-0.05, 0) is 42.3 Å². The van der Waals surface area contributed by atoms with Crippen LogP contribution in [0, 0.1) is 6.92 Å². The highest BCUT2D eigenvalue weighted by molar-refractivity contribution is 6.05. The largest absolute Gasteiger partial charge is 0.478 e. The minimum absolute atomic E-state index is 0.0318. The average molecular weight is 340 g/mol. The zero-order valence-corrected chi connectivity index (χ0v) is 14.1. The van der Waals surface area contributed by atoms with Crippen LogP contribution >= 0.6 is 0 Å². The lowest BCUT2D eigenvalue weighted by Gasteiger charge is -2.10. The number of benzene rings is 2. The molecule has 25 heavy (non-hydrogen) atoms. The molecule has 0 unspecified atom stereocenters. The van der Waals surface area contributed by atoms with E-state index in [1.54, 1.807) is 44.2 Å². The fraction of sp³-hybridized carbons (Fsp3) is 0.211. The highest BCUT2D eigenvalue weighted by atomic mass is 16.4. The second-order valence-electron chi connectivity index (χ2n) is 5.62. The van der Waals surface area contributed by atoms with Gasteiger partial charge in [-0.3, -0.25) is 9.59 Å². The van der Waals surface area contributed by atoms with E-state index in [0.29, 0.717) is 24.2 Å². The Kier molecular flexibility index (Phi) is 5.89. The number of amides is 2. The normalized spacial score (nSPS) is 10.2. The maximum absolute atomic E-state index is 12.3. The first-order valence-electron chi connectivity index (χ1n) is 7.91. The number of anilines is 1. The number of carbonyl (C=O) groups excluding carboxylic acids is 2. The molecule has 2 amide bonds. The number of aryl methyl sites for hydroxylation is 1. The van der Waals surface area contributed by atoms with Crippen molar-refractivity contribution in [3.63, 3.8) is 0 Å². The van der Waals surface area contributed by atoms with Crippen molar-refractivity contribution in [3.8, 4) is 0 Å². The summed E-state index contributed by atoms with van der Waals surface area (Å²) in [7, 11) is 0. The molecule has 2 rings (SSSR count). The van der Waals surface area contributed by atoms with E-state index in [0.717, 1.165) is 11.1 Å². The third-order valence-corrected chi connectivity index (χ3v) is 3.76. The van der Waals surface area contributed by atoms with E-state index in [2.05, 4.69) is 10.6 Å². The van der Waals surface area contributed by atoms with E-state index >= 15 is 0 Å². The summed E-state index contributed by atoms with van der Waals surface area (Å²) in [6.45, 7) is 3.99. The summed E-state index contributed by atoms with van der Waals surface area (Å²) in [5, 5.41) is 14.5. The van der Waals surface area contributed by atoms with Gasteiger partial charge in [0.15, 0.2) is 0 Å². The van der Waals surface area contributed by atoms with Crippen molar-refractivity contribution in [2.75, 3.05) is 5.32 Å². The Balaban J connectivity index is 2.07. The second kappa shape index (κ2) is 8.10. The minimum Gasteiger partial charge on any atom is -0.478 e. The van der Waals surface area contributed by atoms with Crippen molar-refractivity contribution in [2.45, 2.75) is 26.8 Å². The first kappa shape index (κ1) is 18.2. The average Bonchev–Trinajstić information content (AvgIpc) is 2.61. The molecule has 0 radical (unpaired) electrons. The quantitative estimate of drug-likeness (QED) is 0.753. The highest BCUT2D eigenvalue weighted by Crippen LogP contribution is 2.18. The molecule has 0 spiro atoms. The summed E-state index contributed by atoms with van der Waals surface area (Å²) in [5.41, 5.74) is 2.69. The number of nitrogens with one attached hydrogen (secondary N) is 2. The summed E-state index contributed by atoms with van der Waals surface area (Å²) in [5.74, 6) is -1.40. The van der Waals surface area contributed by atoms with Gasteiger partial charge in [0.1, 0.15) is 0 Å². The Labute approximate surface area is 145 Å². The first-order chi connectivity index (χ1) is 11.9. The van der Waals surface area contributed by atoms with Gasteiger partial charge in [-0.2, -0.15) is 0 Å². The standard InChI is InChI=1S/C19H20N2O4/c1-3-17(22)20-11-13-5-8-14(9-6-13)18(23)21-16-10-15(19(24)25)7-4-12(16)2/h4-10H,3,11H2,1-2H3,(H,20,22)(H,21,23)(H,24,25). The van der Waals surface area contributed by atoms with Crippen molar-refractivity contribution < 1.29 is 19.5 Å². The van der Waals surface area contributed by atoms with Gasteiger partial charge >= 0.3 is 5.97 Å². The molecule has 0 saturated heterocycles. The third-order valence-electron chi connectivity index (χ3n) is 3.76. The molecule has 0 atom stereocenters. The molecule has 0 aliphatic carbocycles. The number of carboxylic acid groups (broad SMARTS) is 1. The molecule has 2 aromatic carbocycles. The van der Waals surface area contributed by atoms with E-state index in [1.165, 1.54) is 12.1 Å². The summed E-state index contributed by atoms with van der Waals surface area (Å²) in [6, 6.07) is 11.4. The summed E-state index contributed by atoms with van der Waals surface area (Å²) >= 11 is 0. The monoisotopic (exact) mass is 340 g/mol. The van der Waals surface area contributed by atoms with Crippen LogP contribution in [0.3, 0.4) is 0 Å². The van der Waals surface area contributed by atoms with Gasteiger partial charge in [0.25, 0.3) is 5.91 Å². The fourth-order valence-corrected chi connectivity index (χ4v) is 2.18. The summed E-state index contributed by atoms with van der Waals surface area (Å²) in [6.07, 6.45) is 0.426. The van der Waals surface area contributed by atoms with Crippen LogP contribution in [0.15, 0.2) is 42.5 Å². The van der Waals surface area contributed by atoms with Crippen molar-refractivity contribution in [3.05, 3.63) is 64.7 Å². The lowest BCUT2D eigenvalue weighted by molar-refractivity contribution is -0.120. The van der Waals surface area contributed by atoms with Crippen LogP contribution in [0.1, 0.15) is 45.2 Å². The zero-order valence-electron chi connectivity index (χ0n) is 14.1. The molecule has 0 aliphatic rings. The Morgan fingerprint density at radius 3 is 2.24 bits per heavy atom. The van der Waals surface area contributed by atoms with Gasteiger partial charge in [0.2, 0.25) is 5.91 Å².